The summed E-state index contributed by atoms with van der Waals surface area (Å²) in [7, 11) is 1.66. The Morgan fingerprint density at radius 1 is 1.18 bits per heavy atom. The van der Waals surface area contributed by atoms with Crippen LogP contribution in [0.3, 0.4) is 0 Å². The molecule has 17 heavy (non-hydrogen) atoms. The Labute approximate surface area is 107 Å². The van der Waals surface area contributed by atoms with E-state index >= 15 is 0 Å². The van der Waals surface area contributed by atoms with E-state index in [0.29, 0.717) is 38.2 Å². The van der Waals surface area contributed by atoms with Gasteiger partial charge < -0.3 is 14.2 Å². The molecule has 5 heteroatoms. The SMILES string of the molecule is COCCOCCCOCc1ccnc(Cl)c1. The van der Waals surface area contributed by atoms with Crippen LogP contribution in [-0.2, 0) is 20.8 Å². The number of aromatic nitrogens is 1. The number of hydrogen-bond donors (Lipinski definition) is 0. The maximum atomic E-state index is 5.76. The molecule has 0 aliphatic carbocycles. The third-order valence-corrected chi connectivity index (χ3v) is 2.28. The van der Waals surface area contributed by atoms with Crippen LogP contribution in [0.1, 0.15) is 12.0 Å². The van der Waals surface area contributed by atoms with Gasteiger partial charge in [-0.3, -0.25) is 0 Å². The van der Waals surface area contributed by atoms with Gasteiger partial charge in [0.2, 0.25) is 0 Å². The molecule has 96 valence electrons. The van der Waals surface area contributed by atoms with Crippen LogP contribution in [0.2, 0.25) is 5.15 Å². The molecule has 0 radical (unpaired) electrons. The minimum absolute atomic E-state index is 0.494. The summed E-state index contributed by atoms with van der Waals surface area (Å²) in [6.45, 7) is 3.19. The summed E-state index contributed by atoms with van der Waals surface area (Å²) in [5, 5.41) is 0.494. The van der Waals surface area contributed by atoms with E-state index in [1.54, 1.807) is 19.4 Å². The molecule has 1 rings (SSSR count). The monoisotopic (exact) mass is 259 g/mol. The molecule has 0 atom stereocenters. The van der Waals surface area contributed by atoms with Crippen molar-refractivity contribution < 1.29 is 14.2 Å². The Hall–Kier alpha value is -0.680. The van der Waals surface area contributed by atoms with Crippen molar-refractivity contribution in [2.75, 3.05) is 33.5 Å². The largest absolute Gasteiger partial charge is 0.382 e. The normalized spacial score (nSPS) is 10.7. The quantitative estimate of drug-likeness (QED) is 0.504. The lowest BCUT2D eigenvalue weighted by atomic mass is 10.3. The predicted molar refractivity (Wildman–Crippen MR) is 66.2 cm³/mol. The van der Waals surface area contributed by atoms with Gasteiger partial charge >= 0.3 is 0 Å². The molecule has 0 saturated carbocycles. The third kappa shape index (κ3) is 7.28. The summed E-state index contributed by atoms with van der Waals surface area (Å²) in [5.41, 5.74) is 1.03. The summed E-state index contributed by atoms with van der Waals surface area (Å²) in [6, 6.07) is 3.69. The predicted octanol–water partition coefficient (Wildman–Crippen LogP) is 2.30. The Balaban J connectivity index is 1.97. The van der Waals surface area contributed by atoms with E-state index in [1.807, 2.05) is 6.07 Å². The lowest BCUT2D eigenvalue weighted by Crippen LogP contribution is -2.05. The molecule has 0 N–H and O–H groups in total. The molecule has 0 spiro atoms. The van der Waals surface area contributed by atoms with E-state index in [4.69, 9.17) is 25.8 Å². The Bertz CT molecular complexity index is 310. The van der Waals surface area contributed by atoms with E-state index in [2.05, 4.69) is 4.98 Å². The number of halogens is 1. The molecular formula is C12H18ClNO3. The number of hydrogen-bond acceptors (Lipinski definition) is 4. The maximum Gasteiger partial charge on any atom is 0.129 e. The highest BCUT2D eigenvalue weighted by Crippen LogP contribution is 2.07. The van der Waals surface area contributed by atoms with Gasteiger partial charge in [-0.25, -0.2) is 4.98 Å². The van der Waals surface area contributed by atoms with Gasteiger partial charge in [-0.05, 0) is 24.1 Å². The number of rotatable bonds is 9. The molecule has 0 saturated heterocycles. The average Bonchev–Trinajstić information content (AvgIpc) is 2.33. The lowest BCUT2D eigenvalue weighted by Gasteiger charge is -2.05. The lowest BCUT2D eigenvalue weighted by molar-refractivity contribution is 0.0483. The van der Waals surface area contributed by atoms with E-state index in [0.717, 1.165) is 12.0 Å². The highest BCUT2D eigenvalue weighted by atomic mass is 35.5. The van der Waals surface area contributed by atoms with Gasteiger partial charge in [-0.1, -0.05) is 11.6 Å². The zero-order valence-electron chi connectivity index (χ0n) is 10.0. The summed E-state index contributed by atoms with van der Waals surface area (Å²) in [5.74, 6) is 0. The first-order valence-corrected chi connectivity index (χ1v) is 5.95. The fraction of sp³-hybridized carbons (Fsp3) is 0.583. The van der Waals surface area contributed by atoms with Crippen molar-refractivity contribution in [1.29, 1.82) is 0 Å². The van der Waals surface area contributed by atoms with Crippen LogP contribution >= 0.6 is 11.6 Å². The summed E-state index contributed by atoms with van der Waals surface area (Å²) in [6.07, 6.45) is 2.55. The molecule has 1 aromatic heterocycles. The van der Waals surface area contributed by atoms with Crippen LogP contribution < -0.4 is 0 Å². The molecule has 0 amide bonds. The first kappa shape index (κ1) is 14.4. The third-order valence-electron chi connectivity index (χ3n) is 2.07. The molecule has 1 aromatic rings. The zero-order valence-corrected chi connectivity index (χ0v) is 10.8. The van der Waals surface area contributed by atoms with Crippen LogP contribution in [0.4, 0.5) is 0 Å². The van der Waals surface area contributed by atoms with Crippen LogP contribution in [0.15, 0.2) is 18.3 Å². The highest BCUT2D eigenvalue weighted by Gasteiger charge is 1.95. The second-order valence-electron chi connectivity index (χ2n) is 3.50. The van der Waals surface area contributed by atoms with Crippen LogP contribution in [0.25, 0.3) is 0 Å². The smallest absolute Gasteiger partial charge is 0.129 e. The molecule has 0 aromatic carbocycles. The molecular weight excluding hydrogens is 242 g/mol. The van der Waals surface area contributed by atoms with Gasteiger partial charge in [0.05, 0.1) is 19.8 Å². The van der Waals surface area contributed by atoms with Crippen LogP contribution in [-0.4, -0.2) is 38.5 Å². The van der Waals surface area contributed by atoms with Gasteiger partial charge in [-0.15, -0.1) is 0 Å². The molecule has 4 nitrogen and oxygen atoms in total. The topological polar surface area (TPSA) is 40.6 Å². The minimum atomic E-state index is 0.494. The Morgan fingerprint density at radius 3 is 2.76 bits per heavy atom. The van der Waals surface area contributed by atoms with Crippen LogP contribution in [0, 0.1) is 0 Å². The van der Waals surface area contributed by atoms with Crippen molar-refractivity contribution in [1.82, 2.24) is 4.98 Å². The fourth-order valence-electron chi connectivity index (χ4n) is 1.23. The van der Waals surface area contributed by atoms with Gasteiger partial charge in [0.25, 0.3) is 0 Å². The summed E-state index contributed by atoms with van der Waals surface area (Å²) < 4.78 is 15.7. The fourth-order valence-corrected chi connectivity index (χ4v) is 1.43. The number of pyridine rings is 1. The maximum absolute atomic E-state index is 5.76. The Morgan fingerprint density at radius 2 is 2.00 bits per heavy atom. The Kier molecular flexibility index (Phi) is 7.92. The van der Waals surface area contributed by atoms with Crippen molar-refractivity contribution in [3.05, 3.63) is 29.0 Å². The van der Waals surface area contributed by atoms with Crippen molar-refractivity contribution in [3.8, 4) is 0 Å². The van der Waals surface area contributed by atoms with Crippen molar-refractivity contribution in [2.24, 2.45) is 0 Å². The van der Waals surface area contributed by atoms with Crippen molar-refractivity contribution in [3.63, 3.8) is 0 Å². The van der Waals surface area contributed by atoms with Gasteiger partial charge in [0, 0.05) is 26.5 Å². The summed E-state index contributed by atoms with van der Waals surface area (Å²) in [4.78, 5) is 3.90. The minimum Gasteiger partial charge on any atom is -0.382 e. The molecule has 0 fully saturated rings. The van der Waals surface area contributed by atoms with E-state index in [9.17, 15) is 0 Å². The molecule has 0 aliphatic heterocycles. The molecule has 1 heterocycles. The van der Waals surface area contributed by atoms with E-state index < -0.39 is 0 Å². The van der Waals surface area contributed by atoms with Crippen molar-refractivity contribution in [2.45, 2.75) is 13.0 Å². The van der Waals surface area contributed by atoms with Crippen LogP contribution in [0.5, 0.6) is 0 Å². The van der Waals surface area contributed by atoms with Crippen molar-refractivity contribution >= 4 is 11.6 Å². The first-order valence-electron chi connectivity index (χ1n) is 5.58. The average molecular weight is 260 g/mol. The highest BCUT2D eigenvalue weighted by molar-refractivity contribution is 6.29. The zero-order chi connectivity index (χ0) is 12.3. The number of nitrogens with zero attached hydrogens (tertiary/aromatic N) is 1. The van der Waals surface area contributed by atoms with Gasteiger partial charge in [0.1, 0.15) is 5.15 Å². The van der Waals surface area contributed by atoms with Gasteiger partial charge in [-0.2, -0.15) is 0 Å². The second-order valence-corrected chi connectivity index (χ2v) is 3.89. The summed E-state index contributed by atoms with van der Waals surface area (Å²) >= 11 is 5.76. The second kappa shape index (κ2) is 9.36. The number of methoxy groups -OCH3 is 1. The van der Waals surface area contributed by atoms with E-state index in [-0.39, 0.29) is 0 Å². The molecule has 0 aliphatic rings. The first-order chi connectivity index (χ1) is 8.33. The standard InChI is InChI=1S/C12H18ClNO3/c1-15-7-8-16-5-2-6-17-10-11-3-4-14-12(13)9-11/h3-4,9H,2,5-8,10H2,1H3. The van der Waals surface area contributed by atoms with Gasteiger partial charge in [0.15, 0.2) is 0 Å². The van der Waals surface area contributed by atoms with E-state index in [1.165, 1.54) is 0 Å². The number of ether oxygens (including phenoxy) is 3. The molecule has 0 unspecified atom stereocenters. The molecule has 0 bridgehead atoms.